The maximum Gasteiger partial charge on any atom is 0.254 e. The van der Waals surface area contributed by atoms with Crippen LogP contribution in [0.5, 0.6) is 11.5 Å². The van der Waals surface area contributed by atoms with E-state index in [1.54, 1.807) is 0 Å². The first-order valence-electron chi connectivity index (χ1n) is 8.08. The van der Waals surface area contributed by atoms with Gasteiger partial charge in [0.1, 0.15) is 11.5 Å². The van der Waals surface area contributed by atoms with E-state index in [4.69, 9.17) is 4.74 Å². The van der Waals surface area contributed by atoms with E-state index in [0.717, 1.165) is 32.7 Å². The second-order valence-electron chi connectivity index (χ2n) is 6.02. The Hall–Kier alpha value is -2.59. The number of rotatable bonds is 4. The van der Waals surface area contributed by atoms with Crippen LogP contribution in [-0.2, 0) is 13.1 Å². The molecule has 3 nitrogen and oxygen atoms in total. The fourth-order valence-corrected chi connectivity index (χ4v) is 3.39. The Labute approximate surface area is 155 Å². The maximum absolute atomic E-state index is 12.5. The monoisotopic (exact) mass is 393 g/mol. The van der Waals surface area contributed by atoms with Gasteiger partial charge in [-0.25, -0.2) is 0 Å². The van der Waals surface area contributed by atoms with Crippen molar-refractivity contribution >= 4 is 21.8 Å². The third kappa shape index (κ3) is 3.44. The fourth-order valence-electron chi connectivity index (χ4n) is 2.99. The molecule has 1 aliphatic heterocycles. The molecule has 4 rings (SSSR count). The van der Waals surface area contributed by atoms with E-state index in [0.29, 0.717) is 13.1 Å². The van der Waals surface area contributed by atoms with Crippen LogP contribution in [0.15, 0.2) is 77.3 Å². The molecular weight excluding hydrogens is 378 g/mol. The van der Waals surface area contributed by atoms with Crippen molar-refractivity contribution in [1.82, 2.24) is 4.90 Å². The van der Waals surface area contributed by atoms with Gasteiger partial charge in [-0.15, -0.1) is 0 Å². The summed E-state index contributed by atoms with van der Waals surface area (Å²) in [7, 11) is 0. The topological polar surface area (TPSA) is 29.5 Å². The molecule has 0 bridgehead atoms. The lowest BCUT2D eigenvalue weighted by Crippen LogP contribution is -2.23. The molecule has 0 spiro atoms. The Morgan fingerprint density at radius 1 is 0.920 bits per heavy atom. The Morgan fingerprint density at radius 2 is 1.64 bits per heavy atom. The Kier molecular flexibility index (Phi) is 4.28. The van der Waals surface area contributed by atoms with E-state index in [1.807, 2.05) is 77.7 Å². The first-order valence-corrected chi connectivity index (χ1v) is 8.88. The summed E-state index contributed by atoms with van der Waals surface area (Å²) < 4.78 is 6.81. The molecule has 3 aromatic carbocycles. The molecular formula is C21H16BrNO2. The summed E-state index contributed by atoms with van der Waals surface area (Å²) in [4.78, 5) is 14.4. The molecule has 0 unspecified atom stereocenters. The normalized spacial score (nSPS) is 13.0. The van der Waals surface area contributed by atoms with Crippen molar-refractivity contribution in [1.29, 1.82) is 0 Å². The molecule has 3 aromatic rings. The fraction of sp³-hybridized carbons (Fsp3) is 0.0952. The molecule has 124 valence electrons. The summed E-state index contributed by atoms with van der Waals surface area (Å²) in [6.07, 6.45) is 0. The van der Waals surface area contributed by atoms with Gasteiger partial charge in [-0.2, -0.15) is 0 Å². The minimum Gasteiger partial charge on any atom is -0.457 e. The summed E-state index contributed by atoms with van der Waals surface area (Å²) in [5.74, 6) is 1.69. The van der Waals surface area contributed by atoms with Crippen LogP contribution < -0.4 is 4.74 Å². The number of hydrogen-bond donors (Lipinski definition) is 0. The standard InChI is InChI=1S/C21H16BrNO2/c22-17-8-11-20-16(12-17)14-23(21(20)24)13-15-6-9-19(10-7-15)25-18-4-2-1-3-5-18/h1-12H,13-14H2. The van der Waals surface area contributed by atoms with Crippen LogP contribution in [0.25, 0.3) is 0 Å². The van der Waals surface area contributed by atoms with Crippen LogP contribution in [0.2, 0.25) is 0 Å². The average Bonchev–Trinajstić information content (AvgIpc) is 2.92. The predicted molar refractivity (Wildman–Crippen MR) is 101 cm³/mol. The van der Waals surface area contributed by atoms with Crippen LogP contribution in [0.1, 0.15) is 21.5 Å². The molecule has 1 aliphatic rings. The lowest BCUT2D eigenvalue weighted by Gasteiger charge is -2.16. The second-order valence-corrected chi connectivity index (χ2v) is 6.94. The van der Waals surface area contributed by atoms with Crippen molar-refractivity contribution < 1.29 is 9.53 Å². The van der Waals surface area contributed by atoms with E-state index < -0.39 is 0 Å². The number of benzene rings is 3. The molecule has 1 heterocycles. The van der Waals surface area contributed by atoms with E-state index in [-0.39, 0.29) is 5.91 Å². The molecule has 0 aromatic heterocycles. The highest BCUT2D eigenvalue weighted by Crippen LogP contribution is 2.28. The summed E-state index contributed by atoms with van der Waals surface area (Å²) in [5, 5.41) is 0. The summed E-state index contributed by atoms with van der Waals surface area (Å²) in [6, 6.07) is 23.4. The maximum atomic E-state index is 12.5. The third-order valence-corrected chi connectivity index (χ3v) is 4.72. The minimum atomic E-state index is 0.0899. The van der Waals surface area contributed by atoms with Crippen LogP contribution in [0, 0.1) is 0 Å². The highest BCUT2D eigenvalue weighted by molar-refractivity contribution is 9.10. The molecule has 0 radical (unpaired) electrons. The predicted octanol–water partition coefficient (Wildman–Crippen LogP) is 5.40. The van der Waals surface area contributed by atoms with Crippen molar-refractivity contribution in [3.05, 3.63) is 94.0 Å². The lowest BCUT2D eigenvalue weighted by atomic mass is 10.1. The number of nitrogens with zero attached hydrogens (tertiary/aromatic N) is 1. The number of para-hydroxylation sites is 1. The van der Waals surface area contributed by atoms with E-state index >= 15 is 0 Å². The molecule has 4 heteroatoms. The van der Waals surface area contributed by atoms with Gasteiger partial charge in [-0.3, -0.25) is 4.79 Å². The van der Waals surface area contributed by atoms with Crippen LogP contribution in [-0.4, -0.2) is 10.8 Å². The molecule has 25 heavy (non-hydrogen) atoms. The number of halogens is 1. The SMILES string of the molecule is O=C1c2ccc(Br)cc2CN1Cc1ccc(Oc2ccccc2)cc1. The molecule has 0 aliphatic carbocycles. The van der Waals surface area contributed by atoms with E-state index in [2.05, 4.69) is 15.9 Å². The minimum absolute atomic E-state index is 0.0899. The quantitative estimate of drug-likeness (QED) is 0.593. The molecule has 0 N–H and O–H groups in total. The van der Waals surface area contributed by atoms with E-state index in [9.17, 15) is 4.79 Å². The number of fused-ring (bicyclic) bond motifs is 1. The molecule has 1 amide bonds. The first-order chi connectivity index (χ1) is 12.2. The number of ether oxygens (including phenoxy) is 1. The van der Waals surface area contributed by atoms with E-state index in [1.165, 1.54) is 0 Å². The zero-order chi connectivity index (χ0) is 17.2. The number of carbonyl (C=O) groups is 1. The summed E-state index contributed by atoms with van der Waals surface area (Å²) in [6.45, 7) is 1.24. The van der Waals surface area contributed by atoms with Gasteiger partial charge >= 0.3 is 0 Å². The van der Waals surface area contributed by atoms with Crippen LogP contribution >= 0.6 is 15.9 Å². The van der Waals surface area contributed by atoms with Crippen LogP contribution in [0.3, 0.4) is 0 Å². The third-order valence-electron chi connectivity index (χ3n) is 4.22. The smallest absolute Gasteiger partial charge is 0.254 e. The highest BCUT2D eigenvalue weighted by atomic mass is 79.9. The Balaban J connectivity index is 1.44. The van der Waals surface area contributed by atoms with Crippen molar-refractivity contribution in [2.75, 3.05) is 0 Å². The second kappa shape index (κ2) is 6.73. The van der Waals surface area contributed by atoms with Gasteiger partial charge in [0.05, 0.1) is 0 Å². The highest BCUT2D eigenvalue weighted by Gasteiger charge is 2.27. The van der Waals surface area contributed by atoms with Crippen molar-refractivity contribution in [3.8, 4) is 11.5 Å². The van der Waals surface area contributed by atoms with Crippen molar-refractivity contribution in [2.45, 2.75) is 13.1 Å². The average molecular weight is 394 g/mol. The number of hydrogen-bond acceptors (Lipinski definition) is 2. The van der Waals surface area contributed by atoms with Crippen molar-refractivity contribution in [2.24, 2.45) is 0 Å². The van der Waals surface area contributed by atoms with Gasteiger partial charge in [0.15, 0.2) is 0 Å². The zero-order valence-electron chi connectivity index (χ0n) is 13.5. The lowest BCUT2D eigenvalue weighted by molar-refractivity contribution is 0.0766. The zero-order valence-corrected chi connectivity index (χ0v) is 15.1. The van der Waals surface area contributed by atoms with Gasteiger partial charge < -0.3 is 9.64 Å². The van der Waals surface area contributed by atoms with Gasteiger partial charge in [0, 0.05) is 23.1 Å². The molecule has 0 saturated carbocycles. The number of amides is 1. The van der Waals surface area contributed by atoms with Crippen LogP contribution in [0.4, 0.5) is 0 Å². The van der Waals surface area contributed by atoms with Crippen molar-refractivity contribution in [3.63, 3.8) is 0 Å². The molecule has 0 atom stereocenters. The van der Waals surface area contributed by atoms with Gasteiger partial charge in [0.25, 0.3) is 5.91 Å². The Morgan fingerprint density at radius 3 is 2.40 bits per heavy atom. The molecule has 0 fully saturated rings. The van der Waals surface area contributed by atoms with Gasteiger partial charge in [-0.05, 0) is 53.6 Å². The molecule has 0 saturated heterocycles. The van der Waals surface area contributed by atoms with Gasteiger partial charge in [0.2, 0.25) is 0 Å². The number of carbonyl (C=O) groups excluding carboxylic acids is 1. The Bertz CT molecular complexity index is 907. The summed E-state index contributed by atoms with van der Waals surface area (Å²) in [5.41, 5.74) is 2.95. The first kappa shape index (κ1) is 15.9. The van der Waals surface area contributed by atoms with Gasteiger partial charge in [-0.1, -0.05) is 46.3 Å². The summed E-state index contributed by atoms with van der Waals surface area (Å²) >= 11 is 3.46. The largest absolute Gasteiger partial charge is 0.457 e.